The van der Waals surface area contributed by atoms with Crippen LogP contribution in [-0.2, 0) is 11.3 Å². The zero-order valence-corrected chi connectivity index (χ0v) is 15.1. The molecule has 2 rings (SSSR count). The summed E-state index contributed by atoms with van der Waals surface area (Å²) in [5, 5.41) is 0. The highest BCUT2D eigenvalue weighted by molar-refractivity contribution is 5.85. The van der Waals surface area contributed by atoms with E-state index >= 15 is 0 Å². The van der Waals surface area contributed by atoms with E-state index in [9.17, 15) is 4.79 Å². The van der Waals surface area contributed by atoms with Crippen LogP contribution in [0.2, 0.25) is 0 Å². The second-order valence-corrected chi connectivity index (χ2v) is 5.04. The quantitative estimate of drug-likeness (QED) is 0.847. The number of nitrogens with two attached hydrogens (primary N) is 1. The first-order valence-corrected chi connectivity index (χ1v) is 7.09. The van der Waals surface area contributed by atoms with Crippen LogP contribution in [0.5, 0.6) is 11.5 Å². The van der Waals surface area contributed by atoms with E-state index in [-0.39, 0.29) is 37.3 Å². The molecule has 0 aliphatic carbocycles. The minimum Gasteiger partial charge on any atom is -0.497 e. The molecule has 2 N–H and O–H groups in total. The van der Waals surface area contributed by atoms with Gasteiger partial charge in [0.2, 0.25) is 5.91 Å². The van der Waals surface area contributed by atoms with E-state index in [4.69, 9.17) is 15.2 Å². The van der Waals surface area contributed by atoms with E-state index < -0.39 is 0 Å². The third-order valence-electron chi connectivity index (χ3n) is 3.78. The van der Waals surface area contributed by atoms with E-state index in [1.165, 1.54) is 0 Å². The molecule has 0 radical (unpaired) electrons. The summed E-state index contributed by atoms with van der Waals surface area (Å²) in [7, 11) is 3.33. The Morgan fingerprint density at radius 1 is 1.13 bits per heavy atom. The van der Waals surface area contributed by atoms with Crippen molar-refractivity contribution in [2.75, 3.05) is 46.9 Å². The fraction of sp³-hybridized carbons (Fsp3) is 0.533. The Hall–Kier alpha value is -1.21. The number of benzene rings is 1. The molecule has 1 aromatic carbocycles. The van der Waals surface area contributed by atoms with Crippen LogP contribution in [0, 0.1) is 0 Å². The first kappa shape index (κ1) is 21.8. The van der Waals surface area contributed by atoms with Gasteiger partial charge in [-0.2, -0.15) is 0 Å². The fourth-order valence-corrected chi connectivity index (χ4v) is 2.53. The third kappa shape index (κ3) is 5.73. The normalized spacial score (nSPS) is 14.5. The first-order chi connectivity index (χ1) is 10.2. The van der Waals surface area contributed by atoms with Gasteiger partial charge >= 0.3 is 0 Å². The topological polar surface area (TPSA) is 68.0 Å². The van der Waals surface area contributed by atoms with E-state index in [2.05, 4.69) is 4.90 Å². The van der Waals surface area contributed by atoms with Crippen LogP contribution in [-0.4, -0.2) is 62.7 Å². The molecule has 1 amide bonds. The maximum absolute atomic E-state index is 11.6. The molecule has 6 nitrogen and oxygen atoms in total. The maximum atomic E-state index is 11.6. The minimum atomic E-state index is 0. The van der Waals surface area contributed by atoms with Crippen molar-refractivity contribution in [2.45, 2.75) is 6.54 Å². The van der Waals surface area contributed by atoms with E-state index in [0.717, 1.165) is 49.8 Å². The highest BCUT2D eigenvalue weighted by Gasteiger charge is 2.21. The third-order valence-corrected chi connectivity index (χ3v) is 3.78. The van der Waals surface area contributed by atoms with Crippen molar-refractivity contribution in [1.29, 1.82) is 0 Å². The highest BCUT2D eigenvalue weighted by atomic mass is 35.5. The van der Waals surface area contributed by atoms with Gasteiger partial charge in [-0.15, -0.1) is 24.8 Å². The molecule has 0 atom stereocenters. The summed E-state index contributed by atoms with van der Waals surface area (Å²) in [5.74, 6) is 1.70. The van der Waals surface area contributed by atoms with E-state index in [0.29, 0.717) is 0 Å². The van der Waals surface area contributed by atoms with Crippen LogP contribution in [0.3, 0.4) is 0 Å². The van der Waals surface area contributed by atoms with E-state index in [1.54, 1.807) is 14.2 Å². The molecule has 0 unspecified atom stereocenters. The average molecular weight is 366 g/mol. The summed E-state index contributed by atoms with van der Waals surface area (Å²) in [6, 6.07) is 5.80. The number of ether oxygens (including phenoxy) is 2. The average Bonchev–Trinajstić information content (AvgIpc) is 2.54. The van der Waals surface area contributed by atoms with Crippen molar-refractivity contribution >= 4 is 30.7 Å². The summed E-state index contributed by atoms with van der Waals surface area (Å²) in [6.45, 7) is 4.00. The Labute approximate surface area is 149 Å². The van der Waals surface area contributed by atoms with Gasteiger partial charge in [-0.25, -0.2) is 0 Å². The van der Waals surface area contributed by atoms with Gasteiger partial charge in [0.25, 0.3) is 0 Å². The monoisotopic (exact) mass is 365 g/mol. The second kappa shape index (κ2) is 10.5. The Morgan fingerprint density at radius 3 is 2.30 bits per heavy atom. The number of rotatable bonds is 5. The van der Waals surface area contributed by atoms with Crippen LogP contribution in [0.25, 0.3) is 0 Å². The Morgan fingerprint density at radius 2 is 1.78 bits per heavy atom. The number of carbonyl (C=O) groups is 1. The van der Waals surface area contributed by atoms with Gasteiger partial charge in [-0.05, 0) is 18.2 Å². The van der Waals surface area contributed by atoms with Gasteiger partial charge in [0.15, 0.2) is 0 Å². The smallest absolute Gasteiger partial charge is 0.236 e. The fourth-order valence-electron chi connectivity index (χ4n) is 2.53. The van der Waals surface area contributed by atoms with Crippen molar-refractivity contribution < 1.29 is 14.3 Å². The summed E-state index contributed by atoms with van der Waals surface area (Å²) >= 11 is 0. The Balaban J connectivity index is 0.00000242. The van der Waals surface area contributed by atoms with Crippen molar-refractivity contribution in [3.63, 3.8) is 0 Å². The molecule has 1 aliphatic rings. The summed E-state index contributed by atoms with van der Waals surface area (Å²) in [4.78, 5) is 15.7. The Bertz CT molecular complexity index is 495. The SMILES string of the molecule is COc1ccc(OC)c(CN2CCN(C(=O)CN)CC2)c1.Cl.Cl. The molecule has 0 saturated carbocycles. The molecule has 1 saturated heterocycles. The molecule has 1 fully saturated rings. The van der Waals surface area contributed by atoms with Gasteiger partial charge in [-0.3, -0.25) is 9.69 Å². The van der Waals surface area contributed by atoms with Crippen LogP contribution < -0.4 is 15.2 Å². The van der Waals surface area contributed by atoms with Gasteiger partial charge in [0.1, 0.15) is 11.5 Å². The van der Waals surface area contributed by atoms with Crippen molar-refractivity contribution in [3.8, 4) is 11.5 Å². The second-order valence-electron chi connectivity index (χ2n) is 5.04. The first-order valence-electron chi connectivity index (χ1n) is 7.09. The van der Waals surface area contributed by atoms with Crippen LogP contribution in [0.1, 0.15) is 5.56 Å². The number of amides is 1. The van der Waals surface area contributed by atoms with E-state index in [1.807, 2.05) is 23.1 Å². The lowest BCUT2D eigenvalue weighted by molar-refractivity contribution is -0.131. The Kier molecular flexibility index (Phi) is 9.99. The number of nitrogens with zero attached hydrogens (tertiary/aromatic N) is 2. The standard InChI is InChI=1S/C15H23N3O3.2ClH/c1-20-13-3-4-14(21-2)12(9-13)11-17-5-7-18(8-6-17)15(19)10-16;;/h3-4,9H,5-8,10-11,16H2,1-2H3;2*1H. The van der Waals surface area contributed by atoms with Crippen molar-refractivity contribution in [3.05, 3.63) is 23.8 Å². The summed E-state index contributed by atoms with van der Waals surface area (Å²) in [6.07, 6.45) is 0. The molecule has 23 heavy (non-hydrogen) atoms. The van der Waals surface area contributed by atoms with Gasteiger partial charge < -0.3 is 20.1 Å². The van der Waals surface area contributed by atoms with Crippen LogP contribution in [0.15, 0.2) is 18.2 Å². The number of halogens is 2. The maximum Gasteiger partial charge on any atom is 0.236 e. The largest absolute Gasteiger partial charge is 0.497 e. The molecule has 1 aromatic rings. The minimum absolute atomic E-state index is 0. The number of hydrogen-bond acceptors (Lipinski definition) is 5. The van der Waals surface area contributed by atoms with Crippen LogP contribution in [0.4, 0.5) is 0 Å². The molecule has 0 aromatic heterocycles. The van der Waals surface area contributed by atoms with Crippen molar-refractivity contribution in [1.82, 2.24) is 9.80 Å². The zero-order chi connectivity index (χ0) is 15.2. The molecular formula is C15H25Cl2N3O3. The van der Waals surface area contributed by atoms with Gasteiger partial charge in [0, 0.05) is 38.3 Å². The van der Waals surface area contributed by atoms with Crippen molar-refractivity contribution in [2.24, 2.45) is 5.73 Å². The predicted octanol–water partition coefficient (Wildman–Crippen LogP) is 1.15. The van der Waals surface area contributed by atoms with Crippen LogP contribution >= 0.6 is 24.8 Å². The highest BCUT2D eigenvalue weighted by Crippen LogP contribution is 2.25. The molecule has 0 spiro atoms. The summed E-state index contributed by atoms with van der Waals surface area (Å²) < 4.78 is 10.7. The van der Waals surface area contributed by atoms with Gasteiger partial charge in [0.05, 0.1) is 20.8 Å². The number of hydrogen-bond donors (Lipinski definition) is 1. The van der Waals surface area contributed by atoms with Gasteiger partial charge in [-0.1, -0.05) is 0 Å². The molecule has 132 valence electrons. The lowest BCUT2D eigenvalue weighted by Gasteiger charge is -2.34. The number of piperazine rings is 1. The molecule has 0 bridgehead atoms. The zero-order valence-electron chi connectivity index (χ0n) is 13.5. The molecule has 1 heterocycles. The molecular weight excluding hydrogens is 341 g/mol. The summed E-state index contributed by atoms with van der Waals surface area (Å²) in [5.41, 5.74) is 6.49. The lowest BCUT2D eigenvalue weighted by atomic mass is 10.1. The number of carbonyl (C=O) groups excluding carboxylic acids is 1. The number of methoxy groups -OCH3 is 2. The predicted molar refractivity (Wildman–Crippen MR) is 95.0 cm³/mol. The molecule has 1 aliphatic heterocycles. The molecule has 8 heteroatoms. The lowest BCUT2D eigenvalue weighted by Crippen LogP contribution is -2.49.